The van der Waals surface area contributed by atoms with Gasteiger partial charge < -0.3 is 9.84 Å². The zero-order valence-electron chi connectivity index (χ0n) is 11.6. The summed E-state index contributed by atoms with van der Waals surface area (Å²) in [5.41, 5.74) is 1.35. The van der Waals surface area contributed by atoms with Gasteiger partial charge in [-0.05, 0) is 37.5 Å². The molecule has 1 N–H and O–H groups in total. The number of aromatic nitrogens is 1. The third-order valence-corrected chi connectivity index (χ3v) is 3.83. The molecule has 1 aromatic carbocycles. The third-order valence-electron chi connectivity index (χ3n) is 2.88. The van der Waals surface area contributed by atoms with E-state index in [0.717, 1.165) is 23.5 Å². The molecule has 1 heterocycles. The highest BCUT2D eigenvalue weighted by atomic mass is 32.1. The van der Waals surface area contributed by atoms with Crippen molar-refractivity contribution in [2.45, 2.75) is 39.4 Å². The van der Waals surface area contributed by atoms with Gasteiger partial charge in [0.25, 0.3) is 0 Å². The van der Waals surface area contributed by atoms with Gasteiger partial charge in [-0.2, -0.15) is 0 Å². The summed E-state index contributed by atoms with van der Waals surface area (Å²) in [5.74, 6) is -0.285. The maximum atomic E-state index is 13.8. The van der Waals surface area contributed by atoms with Crippen molar-refractivity contribution in [1.29, 1.82) is 0 Å². The number of hydrogen-bond donors (Lipinski definition) is 1. The fourth-order valence-electron chi connectivity index (χ4n) is 1.79. The lowest BCUT2D eigenvalue weighted by Crippen LogP contribution is -2.00. The van der Waals surface area contributed by atoms with Crippen LogP contribution in [-0.4, -0.2) is 10.1 Å². The monoisotopic (exact) mass is 295 g/mol. The lowest BCUT2D eigenvalue weighted by Gasteiger charge is -2.09. The van der Waals surface area contributed by atoms with Crippen LogP contribution in [0.4, 0.5) is 4.39 Å². The smallest absolute Gasteiger partial charge is 0.165 e. The van der Waals surface area contributed by atoms with Crippen molar-refractivity contribution in [3.63, 3.8) is 0 Å². The van der Waals surface area contributed by atoms with Crippen LogP contribution in [0.25, 0.3) is 0 Å². The molecule has 1 unspecified atom stereocenters. The number of rotatable bonds is 6. The van der Waals surface area contributed by atoms with E-state index in [2.05, 4.69) is 11.9 Å². The molecule has 0 saturated heterocycles. The fraction of sp³-hybridized carbons (Fsp3) is 0.400. The van der Waals surface area contributed by atoms with E-state index >= 15 is 0 Å². The van der Waals surface area contributed by atoms with Gasteiger partial charge in [-0.1, -0.05) is 13.0 Å². The Labute approximate surface area is 122 Å². The van der Waals surface area contributed by atoms with Gasteiger partial charge in [-0.15, -0.1) is 11.3 Å². The van der Waals surface area contributed by atoms with E-state index in [9.17, 15) is 9.50 Å². The summed E-state index contributed by atoms with van der Waals surface area (Å²) in [4.78, 5) is 4.42. The summed E-state index contributed by atoms with van der Waals surface area (Å²) in [5, 5.41) is 12.4. The van der Waals surface area contributed by atoms with Gasteiger partial charge in [0.15, 0.2) is 11.6 Å². The first-order valence-corrected chi connectivity index (χ1v) is 7.51. The number of nitrogens with zero attached hydrogens (tertiary/aromatic N) is 1. The molecule has 0 bridgehead atoms. The Hall–Kier alpha value is -1.46. The molecule has 0 spiro atoms. The molecule has 2 aromatic rings. The van der Waals surface area contributed by atoms with Crippen LogP contribution < -0.4 is 4.74 Å². The van der Waals surface area contributed by atoms with Crippen LogP contribution in [0.2, 0.25) is 0 Å². The topological polar surface area (TPSA) is 42.4 Å². The number of halogens is 1. The zero-order valence-corrected chi connectivity index (χ0v) is 12.4. The van der Waals surface area contributed by atoms with E-state index in [4.69, 9.17) is 4.74 Å². The molecule has 20 heavy (non-hydrogen) atoms. The van der Waals surface area contributed by atoms with Crippen molar-refractivity contribution >= 4 is 11.3 Å². The largest absolute Gasteiger partial charge is 0.484 e. The molecule has 108 valence electrons. The van der Waals surface area contributed by atoms with Crippen LogP contribution in [0.3, 0.4) is 0 Å². The number of aliphatic hydroxyl groups is 1. The van der Waals surface area contributed by atoms with Crippen molar-refractivity contribution in [3.8, 4) is 5.75 Å². The lowest BCUT2D eigenvalue weighted by molar-refractivity contribution is 0.198. The van der Waals surface area contributed by atoms with Crippen LogP contribution in [0.15, 0.2) is 23.6 Å². The number of ether oxygens (including phenoxy) is 1. The lowest BCUT2D eigenvalue weighted by atomic mass is 10.1. The van der Waals surface area contributed by atoms with Gasteiger partial charge in [0.1, 0.15) is 6.61 Å². The van der Waals surface area contributed by atoms with E-state index in [-0.39, 0.29) is 12.4 Å². The van der Waals surface area contributed by atoms with E-state index in [1.165, 1.54) is 12.1 Å². The Bertz CT molecular complexity index is 569. The molecule has 0 radical (unpaired) electrons. The standard InChI is InChI=1S/C15H18FNO2S/c1-3-4-15-17-12(9-20-15)8-19-14-6-5-11(10(2)18)7-13(14)16/h5-7,9-10,18H,3-4,8H2,1-2H3. The van der Waals surface area contributed by atoms with Crippen LogP contribution in [0.5, 0.6) is 5.75 Å². The van der Waals surface area contributed by atoms with E-state index in [0.29, 0.717) is 5.56 Å². The first-order chi connectivity index (χ1) is 9.60. The zero-order chi connectivity index (χ0) is 14.5. The van der Waals surface area contributed by atoms with Gasteiger partial charge in [0, 0.05) is 5.38 Å². The molecule has 0 amide bonds. The highest BCUT2D eigenvalue weighted by molar-refractivity contribution is 7.09. The minimum atomic E-state index is -0.686. The summed E-state index contributed by atoms with van der Waals surface area (Å²) < 4.78 is 19.2. The summed E-state index contributed by atoms with van der Waals surface area (Å²) in [6.07, 6.45) is 1.33. The highest BCUT2D eigenvalue weighted by Crippen LogP contribution is 2.23. The number of aryl methyl sites for hydroxylation is 1. The van der Waals surface area contributed by atoms with Crippen molar-refractivity contribution in [2.24, 2.45) is 0 Å². The molecule has 0 aliphatic carbocycles. The fourth-order valence-corrected chi connectivity index (χ4v) is 2.67. The Kier molecular flexibility index (Phi) is 5.09. The number of benzene rings is 1. The maximum Gasteiger partial charge on any atom is 0.165 e. The van der Waals surface area contributed by atoms with Crippen molar-refractivity contribution in [2.75, 3.05) is 0 Å². The molecule has 2 rings (SSSR count). The van der Waals surface area contributed by atoms with Gasteiger partial charge >= 0.3 is 0 Å². The predicted octanol–water partition coefficient (Wildman–Crippen LogP) is 3.87. The molecule has 0 aliphatic heterocycles. The van der Waals surface area contributed by atoms with E-state index < -0.39 is 11.9 Å². The van der Waals surface area contributed by atoms with Crippen molar-refractivity contribution < 1.29 is 14.2 Å². The van der Waals surface area contributed by atoms with Gasteiger partial charge in [0.2, 0.25) is 0 Å². The Morgan fingerprint density at radius 2 is 2.25 bits per heavy atom. The number of hydrogen-bond acceptors (Lipinski definition) is 4. The summed E-state index contributed by atoms with van der Waals surface area (Å²) in [7, 11) is 0. The molecule has 0 saturated carbocycles. The molecule has 1 atom stereocenters. The average Bonchev–Trinajstić information content (AvgIpc) is 2.85. The Morgan fingerprint density at radius 3 is 2.90 bits per heavy atom. The van der Waals surface area contributed by atoms with Crippen LogP contribution in [-0.2, 0) is 13.0 Å². The second kappa shape index (κ2) is 6.81. The molecule has 5 heteroatoms. The maximum absolute atomic E-state index is 13.8. The Balaban J connectivity index is 1.99. The minimum Gasteiger partial charge on any atom is -0.484 e. The summed E-state index contributed by atoms with van der Waals surface area (Å²) in [6.45, 7) is 3.96. The van der Waals surface area contributed by atoms with Crippen LogP contribution in [0, 0.1) is 5.82 Å². The molecule has 0 aliphatic rings. The summed E-state index contributed by atoms with van der Waals surface area (Å²) >= 11 is 1.60. The number of thiazole rings is 1. The minimum absolute atomic E-state index is 0.180. The summed E-state index contributed by atoms with van der Waals surface area (Å²) in [6, 6.07) is 4.49. The van der Waals surface area contributed by atoms with Crippen LogP contribution >= 0.6 is 11.3 Å². The second-order valence-electron chi connectivity index (χ2n) is 4.64. The quantitative estimate of drug-likeness (QED) is 0.879. The predicted molar refractivity (Wildman–Crippen MR) is 77.5 cm³/mol. The third kappa shape index (κ3) is 3.77. The van der Waals surface area contributed by atoms with Gasteiger partial charge in [-0.3, -0.25) is 0 Å². The molecular weight excluding hydrogens is 277 g/mol. The average molecular weight is 295 g/mol. The van der Waals surface area contributed by atoms with Crippen molar-refractivity contribution in [1.82, 2.24) is 4.98 Å². The molecule has 0 fully saturated rings. The molecule has 3 nitrogen and oxygen atoms in total. The first kappa shape index (κ1) is 14.9. The second-order valence-corrected chi connectivity index (χ2v) is 5.58. The van der Waals surface area contributed by atoms with E-state index in [1.807, 2.05) is 5.38 Å². The highest BCUT2D eigenvalue weighted by Gasteiger charge is 2.09. The van der Waals surface area contributed by atoms with Crippen molar-refractivity contribution in [3.05, 3.63) is 45.7 Å². The Morgan fingerprint density at radius 1 is 1.45 bits per heavy atom. The number of aliphatic hydroxyl groups excluding tert-OH is 1. The first-order valence-electron chi connectivity index (χ1n) is 6.63. The van der Waals surface area contributed by atoms with Gasteiger partial charge in [-0.25, -0.2) is 9.37 Å². The van der Waals surface area contributed by atoms with Crippen LogP contribution in [0.1, 0.15) is 42.6 Å². The van der Waals surface area contributed by atoms with Gasteiger partial charge in [0.05, 0.1) is 16.8 Å². The molecule has 1 aromatic heterocycles. The molecular formula is C15H18FNO2S. The van der Waals surface area contributed by atoms with E-state index in [1.54, 1.807) is 24.3 Å². The SMILES string of the molecule is CCCc1nc(COc2ccc(C(C)O)cc2F)cs1. The normalized spacial score (nSPS) is 12.4.